The average molecular weight is 241 g/mol. The Hall–Kier alpha value is -1.51. The molecule has 0 bridgehead atoms. The fourth-order valence-electron chi connectivity index (χ4n) is 0.843. The number of hydrogen-bond acceptors (Lipinski definition) is 3. The monoisotopic (exact) mass is 241 g/mol. The highest BCUT2D eigenvalue weighted by Crippen LogP contribution is 2.00. The van der Waals surface area contributed by atoms with Crippen LogP contribution in [0.3, 0.4) is 0 Å². The van der Waals surface area contributed by atoms with Gasteiger partial charge in [-0.05, 0) is 5.56 Å². The van der Waals surface area contributed by atoms with Crippen LogP contribution in [0.15, 0.2) is 41.4 Å². The molecule has 0 aromatic heterocycles. The second-order valence-corrected chi connectivity index (χ2v) is 3.09. The summed E-state index contributed by atoms with van der Waals surface area (Å²) in [4.78, 5) is 27.4. The molecule has 0 heterocycles. The minimum atomic E-state index is -3.13. The third-order valence-electron chi connectivity index (χ3n) is 1.37. The maximum atomic E-state index is 9.69. The van der Waals surface area contributed by atoms with Crippen molar-refractivity contribution in [1.29, 1.82) is 0 Å². The molecular formula is C10H12NO4P. The third-order valence-corrected chi connectivity index (χ3v) is 1.37. The van der Waals surface area contributed by atoms with Gasteiger partial charge in [0.15, 0.2) is 0 Å². The molecule has 0 aliphatic heterocycles. The van der Waals surface area contributed by atoms with E-state index in [0.29, 0.717) is 6.54 Å². The SMILES string of the molecule is O=C=NCC=Cc1ccccc1.O=[PH](O)O. The van der Waals surface area contributed by atoms with Gasteiger partial charge >= 0.3 is 8.25 Å². The van der Waals surface area contributed by atoms with E-state index in [1.54, 1.807) is 0 Å². The molecule has 0 unspecified atom stereocenters. The molecular weight excluding hydrogens is 229 g/mol. The van der Waals surface area contributed by atoms with Crippen LogP contribution in [-0.4, -0.2) is 22.4 Å². The van der Waals surface area contributed by atoms with Crippen LogP contribution >= 0.6 is 8.25 Å². The van der Waals surface area contributed by atoms with Gasteiger partial charge in [0, 0.05) is 0 Å². The molecule has 0 aliphatic rings. The quantitative estimate of drug-likeness (QED) is 0.475. The molecule has 5 nitrogen and oxygen atoms in total. The van der Waals surface area contributed by atoms with Crippen molar-refractivity contribution >= 4 is 20.4 Å². The zero-order valence-electron chi connectivity index (χ0n) is 8.41. The minimum absolute atomic E-state index is 0.401. The standard InChI is InChI=1S/C10H9NO.H3O3P/c12-9-11-8-4-7-10-5-2-1-3-6-10;1-4(2)3/h1-7H,8H2;4H,(H2,1,2,3). The Morgan fingerprint density at radius 3 is 2.38 bits per heavy atom. The van der Waals surface area contributed by atoms with Crippen molar-refractivity contribution in [3.8, 4) is 0 Å². The zero-order valence-corrected chi connectivity index (χ0v) is 9.41. The van der Waals surface area contributed by atoms with Crippen molar-refractivity contribution in [2.24, 2.45) is 4.99 Å². The van der Waals surface area contributed by atoms with Gasteiger partial charge < -0.3 is 9.79 Å². The van der Waals surface area contributed by atoms with Gasteiger partial charge in [0.1, 0.15) is 0 Å². The average Bonchev–Trinajstić information content (AvgIpc) is 2.25. The molecule has 0 atom stereocenters. The summed E-state index contributed by atoms with van der Waals surface area (Å²) in [5, 5.41) is 0. The normalized spacial score (nSPS) is 9.44. The number of carbonyl (C=O) groups excluding carboxylic acids is 1. The first-order chi connectivity index (χ1) is 7.66. The van der Waals surface area contributed by atoms with Gasteiger partial charge in [-0.25, -0.2) is 9.79 Å². The van der Waals surface area contributed by atoms with Crippen molar-refractivity contribution in [1.82, 2.24) is 0 Å². The first-order valence-corrected chi connectivity index (χ1v) is 5.64. The van der Waals surface area contributed by atoms with Crippen molar-refractivity contribution in [2.75, 3.05) is 6.54 Å². The van der Waals surface area contributed by atoms with Crippen LogP contribution in [0, 0.1) is 0 Å². The molecule has 0 aliphatic carbocycles. The van der Waals surface area contributed by atoms with E-state index in [1.165, 1.54) is 6.08 Å². The van der Waals surface area contributed by atoms with Crippen LogP contribution in [0.2, 0.25) is 0 Å². The Kier molecular flexibility index (Phi) is 9.08. The van der Waals surface area contributed by atoms with Crippen molar-refractivity contribution in [3.05, 3.63) is 42.0 Å². The van der Waals surface area contributed by atoms with E-state index in [-0.39, 0.29) is 0 Å². The van der Waals surface area contributed by atoms with E-state index in [4.69, 9.17) is 14.4 Å². The molecule has 0 saturated heterocycles. The lowest BCUT2D eigenvalue weighted by Crippen LogP contribution is -1.71. The predicted molar refractivity (Wildman–Crippen MR) is 61.9 cm³/mol. The van der Waals surface area contributed by atoms with E-state index in [0.717, 1.165) is 5.56 Å². The summed E-state index contributed by atoms with van der Waals surface area (Å²) in [6.45, 7) is 0.401. The first kappa shape index (κ1) is 14.5. The van der Waals surface area contributed by atoms with Crippen LogP contribution in [0.25, 0.3) is 6.08 Å². The molecule has 2 N–H and O–H groups in total. The van der Waals surface area contributed by atoms with Crippen molar-refractivity contribution < 1.29 is 19.1 Å². The Morgan fingerprint density at radius 2 is 1.88 bits per heavy atom. The second kappa shape index (κ2) is 10.0. The van der Waals surface area contributed by atoms with E-state index in [2.05, 4.69) is 4.99 Å². The Labute approximate surface area is 93.7 Å². The number of benzene rings is 1. The topological polar surface area (TPSA) is 87.0 Å². The number of nitrogens with zero attached hydrogens (tertiary/aromatic N) is 1. The van der Waals surface area contributed by atoms with Gasteiger partial charge in [0.25, 0.3) is 0 Å². The number of isocyanates is 1. The lowest BCUT2D eigenvalue weighted by atomic mass is 10.2. The maximum absolute atomic E-state index is 9.69. The highest BCUT2D eigenvalue weighted by Gasteiger charge is 1.80. The van der Waals surface area contributed by atoms with Crippen LogP contribution < -0.4 is 0 Å². The first-order valence-electron chi connectivity index (χ1n) is 4.34. The van der Waals surface area contributed by atoms with Gasteiger partial charge in [-0.2, -0.15) is 0 Å². The number of rotatable bonds is 3. The summed E-state index contributed by atoms with van der Waals surface area (Å²) in [6, 6.07) is 9.86. The fourth-order valence-corrected chi connectivity index (χ4v) is 0.843. The van der Waals surface area contributed by atoms with Crippen LogP contribution in [0.1, 0.15) is 5.56 Å². The summed E-state index contributed by atoms with van der Waals surface area (Å²) in [5.74, 6) is 0. The van der Waals surface area contributed by atoms with Crippen molar-refractivity contribution in [2.45, 2.75) is 0 Å². The Bertz CT molecular complexity index is 381. The van der Waals surface area contributed by atoms with E-state index < -0.39 is 8.25 Å². The Balaban J connectivity index is 0.000000487. The largest absolute Gasteiger partial charge is 0.326 e. The molecule has 0 spiro atoms. The van der Waals surface area contributed by atoms with E-state index in [1.807, 2.05) is 42.5 Å². The minimum Gasteiger partial charge on any atom is -0.326 e. The second-order valence-electron chi connectivity index (χ2n) is 2.53. The van der Waals surface area contributed by atoms with E-state index >= 15 is 0 Å². The Morgan fingerprint density at radius 1 is 1.31 bits per heavy atom. The maximum Gasteiger partial charge on any atom is 0.314 e. The highest BCUT2D eigenvalue weighted by atomic mass is 31.1. The van der Waals surface area contributed by atoms with Gasteiger partial charge in [0.2, 0.25) is 6.08 Å². The van der Waals surface area contributed by atoms with Gasteiger partial charge in [0.05, 0.1) is 6.54 Å². The third kappa shape index (κ3) is 10.6. The summed E-state index contributed by atoms with van der Waals surface area (Å²) in [7, 11) is -3.13. The predicted octanol–water partition coefficient (Wildman–Crippen LogP) is 1.40. The number of aliphatic imine (C=N–C) groups is 1. The lowest BCUT2D eigenvalue weighted by Gasteiger charge is -1.88. The number of hydrogen-bond donors (Lipinski definition) is 2. The fraction of sp³-hybridized carbons (Fsp3) is 0.100. The summed E-state index contributed by atoms with van der Waals surface area (Å²) < 4.78 is 8.74. The summed E-state index contributed by atoms with van der Waals surface area (Å²) in [6.07, 6.45) is 5.21. The van der Waals surface area contributed by atoms with Gasteiger partial charge in [-0.15, -0.1) is 0 Å². The molecule has 0 fully saturated rings. The molecule has 86 valence electrons. The van der Waals surface area contributed by atoms with Crippen molar-refractivity contribution in [3.63, 3.8) is 0 Å². The molecule has 0 radical (unpaired) electrons. The van der Waals surface area contributed by atoms with Crippen LogP contribution in [0.5, 0.6) is 0 Å². The molecule has 0 saturated carbocycles. The summed E-state index contributed by atoms with van der Waals surface area (Å²) in [5.41, 5.74) is 1.11. The molecule has 1 rings (SSSR count). The molecule has 1 aromatic carbocycles. The van der Waals surface area contributed by atoms with Crippen LogP contribution in [0.4, 0.5) is 0 Å². The molecule has 6 heteroatoms. The zero-order chi connectivity index (χ0) is 12.2. The lowest BCUT2D eigenvalue weighted by molar-refractivity contribution is 0.405. The van der Waals surface area contributed by atoms with Gasteiger partial charge in [-0.3, -0.25) is 4.57 Å². The smallest absolute Gasteiger partial charge is 0.314 e. The van der Waals surface area contributed by atoms with E-state index in [9.17, 15) is 4.79 Å². The summed E-state index contributed by atoms with van der Waals surface area (Å²) >= 11 is 0. The van der Waals surface area contributed by atoms with Crippen LogP contribution in [-0.2, 0) is 9.36 Å². The molecule has 0 amide bonds. The molecule has 1 aromatic rings. The molecule has 16 heavy (non-hydrogen) atoms. The van der Waals surface area contributed by atoms with Gasteiger partial charge in [-0.1, -0.05) is 42.5 Å². The highest BCUT2D eigenvalue weighted by molar-refractivity contribution is 7.30.